The number of carbonyl (C=O) groups excluding carboxylic acids is 1. The summed E-state index contributed by atoms with van der Waals surface area (Å²) in [5.41, 5.74) is 0. The molecule has 1 N–H and O–H groups in total. The minimum atomic E-state index is -0.717. The Morgan fingerprint density at radius 2 is 1.80 bits per heavy atom. The SMILES string of the molecule is CCOC1CCCN(C(=O)C2CCC(C(=O)O)CC2)C1. The number of hydrogen-bond donors (Lipinski definition) is 1. The fraction of sp³-hybridized carbons (Fsp3) is 0.867. The molecule has 5 heteroatoms. The number of amides is 1. The molecule has 1 unspecified atom stereocenters. The molecular formula is C15H25NO4. The maximum absolute atomic E-state index is 12.5. The second-order valence-electron chi connectivity index (χ2n) is 5.89. The molecule has 1 amide bonds. The van der Waals surface area contributed by atoms with Gasteiger partial charge in [-0.15, -0.1) is 0 Å². The van der Waals surface area contributed by atoms with E-state index in [1.165, 1.54) is 0 Å². The third-order valence-electron chi connectivity index (χ3n) is 4.52. The number of nitrogens with zero attached hydrogens (tertiary/aromatic N) is 1. The second-order valence-corrected chi connectivity index (χ2v) is 5.89. The Hall–Kier alpha value is -1.10. The highest BCUT2D eigenvalue weighted by Gasteiger charge is 2.33. The van der Waals surface area contributed by atoms with E-state index in [4.69, 9.17) is 9.84 Å². The molecule has 114 valence electrons. The van der Waals surface area contributed by atoms with Gasteiger partial charge in [0.05, 0.1) is 12.0 Å². The first kappa shape index (κ1) is 15.3. The lowest BCUT2D eigenvalue weighted by atomic mass is 9.81. The molecule has 0 aromatic rings. The summed E-state index contributed by atoms with van der Waals surface area (Å²) in [5.74, 6) is -0.744. The first-order valence-corrected chi connectivity index (χ1v) is 7.75. The predicted octanol–water partition coefficient (Wildman–Crippen LogP) is 1.90. The van der Waals surface area contributed by atoms with Crippen molar-refractivity contribution in [2.45, 2.75) is 51.6 Å². The number of aliphatic carboxylic acids is 1. The van der Waals surface area contributed by atoms with Crippen LogP contribution in [0.25, 0.3) is 0 Å². The maximum Gasteiger partial charge on any atom is 0.306 e. The van der Waals surface area contributed by atoms with E-state index in [0.717, 1.165) is 19.4 Å². The average Bonchev–Trinajstić information content (AvgIpc) is 2.47. The van der Waals surface area contributed by atoms with Crippen LogP contribution in [0.5, 0.6) is 0 Å². The van der Waals surface area contributed by atoms with Crippen LogP contribution in [0.1, 0.15) is 45.4 Å². The van der Waals surface area contributed by atoms with Crippen LogP contribution in [-0.4, -0.2) is 47.7 Å². The molecule has 1 saturated heterocycles. The summed E-state index contributed by atoms with van der Waals surface area (Å²) in [6.45, 7) is 4.19. The molecule has 2 rings (SSSR count). The number of carboxylic acids is 1. The van der Waals surface area contributed by atoms with E-state index in [0.29, 0.717) is 38.8 Å². The van der Waals surface area contributed by atoms with E-state index in [1.54, 1.807) is 0 Å². The number of carboxylic acid groups (broad SMARTS) is 1. The van der Waals surface area contributed by atoms with Crippen LogP contribution in [0.4, 0.5) is 0 Å². The molecular weight excluding hydrogens is 258 g/mol. The van der Waals surface area contributed by atoms with Gasteiger partial charge in [-0.1, -0.05) is 0 Å². The summed E-state index contributed by atoms with van der Waals surface area (Å²) in [5, 5.41) is 8.99. The maximum atomic E-state index is 12.5. The van der Waals surface area contributed by atoms with Gasteiger partial charge in [0.1, 0.15) is 0 Å². The van der Waals surface area contributed by atoms with E-state index in [9.17, 15) is 9.59 Å². The zero-order valence-electron chi connectivity index (χ0n) is 12.2. The Kier molecular flexibility index (Phi) is 5.40. The van der Waals surface area contributed by atoms with Crippen molar-refractivity contribution in [1.29, 1.82) is 0 Å². The van der Waals surface area contributed by atoms with Crippen molar-refractivity contribution in [3.8, 4) is 0 Å². The van der Waals surface area contributed by atoms with Crippen molar-refractivity contribution < 1.29 is 19.4 Å². The summed E-state index contributed by atoms with van der Waals surface area (Å²) >= 11 is 0. The first-order valence-electron chi connectivity index (χ1n) is 7.75. The minimum Gasteiger partial charge on any atom is -0.481 e. The van der Waals surface area contributed by atoms with Gasteiger partial charge in [-0.3, -0.25) is 9.59 Å². The minimum absolute atomic E-state index is 0.0194. The van der Waals surface area contributed by atoms with Gasteiger partial charge < -0.3 is 14.7 Å². The zero-order chi connectivity index (χ0) is 14.5. The lowest BCUT2D eigenvalue weighted by molar-refractivity contribution is -0.146. The molecule has 20 heavy (non-hydrogen) atoms. The van der Waals surface area contributed by atoms with Crippen molar-refractivity contribution in [3.05, 3.63) is 0 Å². The van der Waals surface area contributed by atoms with Crippen LogP contribution in [-0.2, 0) is 14.3 Å². The number of rotatable bonds is 4. The largest absolute Gasteiger partial charge is 0.481 e. The summed E-state index contributed by atoms with van der Waals surface area (Å²) in [7, 11) is 0. The molecule has 0 radical (unpaired) electrons. The van der Waals surface area contributed by atoms with E-state index < -0.39 is 5.97 Å². The van der Waals surface area contributed by atoms with E-state index in [1.807, 2.05) is 11.8 Å². The van der Waals surface area contributed by atoms with Crippen molar-refractivity contribution >= 4 is 11.9 Å². The van der Waals surface area contributed by atoms with Crippen LogP contribution < -0.4 is 0 Å². The van der Waals surface area contributed by atoms with Crippen LogP contribution >= 0.6 is 0 Å². The predicted molar refractivity (Wildman–Crippen MR) is 74.3 cm³/mol. The topological polar surface area (TPSA) is 66.8 Å². The molecule has 0 spiro atoms. The van der Waals surface area contributed by atoms with Gasteiger partial charge in [0.25, 0.3) is 0 Å². The van der Waals surface area contributed by atoms with Crippen molar-refractivity contribution in [3.63, 3.8) is 0 Å². The Bertz CT molecular complexity index is 348. The molecule has 1 heterocycles. The summed E-state index contributed by atoms with van der Waals surface area (Å²) < 4.78 is 5.63. The van der Waals surface area contributed by atoms with Gasteiger partial charge >= 0.3 is 5.97 Å². The van der Waals surface area contributed by atoms with Gasteiger partial charge in [0.2, 0.25) is 5.91 Å². The Morgan fingerprint density at radius 1 is 1.15 bits per heavy atom. The molecule has 0 aromatic heterocycles. The van der Waals surface area contributed by atoms with Crippen molar-refractivity contribution in [1.82, 2.24) is 4.90 Å². The molecule has 5 nitrogen and oxygen atoms in total. The Balaban J connectivity index is 1.84. The highest BCUT2D eigenvalue weighted by Crippen LogP contribution is 2.31. The Labute approximate surface area is 120 Å². The van der Waals surface area contributed by atoms with Gasteiger partial charge in [-0.25, -0.2) is 0 Å². The number of likely N-dealkylation sites (tertiary alicyclic amines) is 1. The first-order chi connectivity index (χ1) is 9.61. The normalized spacial score (nSPS) is 31.1. The van der Waals surface area contributed by atoms with Gasteiger partial charge in [0, 0.05) is 25.6 Å². The summed E-state index contributed by atoms with van der Waals surface area (Å²) in [4.78, 5) is 25.4. The van der Waals surface area contributed by atoms with Crippen molar-refractivity contribution in [2.75, 3.05) is 19.7 Å². The van der Waals surface area contributed by atoms with Crippen LogP contribution in [0.2, 0.25) is 0 Å². The average molecular weight is 283 g/mol. The molecule has 0 aromatic carbocycles. The lowest BCUT2D eigenvalue weighted by Gasteiger charge is -2.36. The highest BCUT2D eigenvalue weighted by molar-refractivity contribution is 5.79. The second kappa shape index (κ2) is 7.07. The third-order valence-corrected chi connectivity index (χ3v) is 4.52. The van der Waals surface area contributed by atoms with Gasteiger partial charge in [-0.2, -0.15) is 0 Å². The van der Waals surface area contributed by atoms with Gasteiger partial charge in [0.15, 0.2) is 0 Å². The molecule has 1 aliphatic carbocycles. The fourth-order valence-corrected chi connectivity index (χ4v) is 3.36. The van der Waals surface area contributed by atoms with E-state index >= 15 is 0 Å². The number of piperidine rings is 1. The third kappa shape index (κ3) is 3.72. The Morgan fingerprint density at radius 3 is 2.40 bits per heavy atom. The standard InChI is InChI=1S/C15H25NO4/c1-2-20-13-4-3-9-16(10-13)14(17)11-5-7-12(8-6-11)15(18)19/h11-13H,2-10H2,1H3,(H,18,19). The molecule has 1 saturated carbocycles. The smallest absolute Gasteiger partial charge is 0.306 e. The molecule has 2 aliphatic rings. The molecule has 1 atom stereocenters. The summed E-state index contributed by atoms with van der Waals surface area (Å²) in [6, 6.07) is 0. The van der Waals surface area contributed by atoms with Crippen LogP contribution in [0.3, 0.4) is 0 Å². The highest BCUT2D eigenvalue weighted by atomic mass is 16.5. The molecule has 0 bridgehead atoms. The summed E-state index contributed by atoms with van der Waals surface area (Å²) in [6.07, 6.45) is 4.90. The lowest BCUT2D eigenvalue weighted by Crippen LogP contribution is -2.46. The number of carbonyl (C=O) groups is 2. The monoisotopic (exact) mass is 283 g/mol. The number of hydrogen-bond acceptors (Lipinski definition) is 3. The van der Waals surface area contributed by atoms with Crippen LogP contribution in [0.15, 0.2) is 0 Å². The van der Waals surface area contributed by atoms with Crippen LogP contribution in [0, 0.1) is 11.8 Å². The molecule has 2 fully saturated rings. The van der Waals surface area contributed by atoms with E-state index in [-0.39, 0.29) is 23.8 Å². The zero-order valence-corrected chi connectivity index (χ0v) is 12.2. The van der Waals surface area contributed by atoms with Gasteiger partial charge in [-0.05, 0) is 45.4 Å². The van der Waals surface area contributed by atoms with E-state index in [2.05, 4.69) is 0 Å². The fourth-order valence-electron chi connectivity index (χ4n) is 3.36. The van der Waals surface area contributed by atoms with Crippen molar-refractivity contribution in [2.24, 2.45) is 11.8 Å². The number of ether oxygens (including phenoxy) is 1. The quantitative estimate of drug-likeness (QED) is 0.855. The molecule has 1 aliphatic heterocycles.